The Hall–Kier alpha value is -4.24. The predicted octanol–water partition coefficient (Wildman–Crippen LogP) is 1.91. The second kappa shape index (κ2) is 34.3. The van der Waals surface area contributed by atoms with E-state index in [4.69, 9.17) is 48.4 Å². The Morgan fingerprint density at radius 1 is 0.565 bits per heavy atom. The van der Waals surface area contributed by atoms with Crippen LogP contribution < -0.4 is 27.0 Å². The average molecular weight is 876 g/mol. The van der Waals surface area contributed by atoms with Crippen LogP contribution in [0.1, 0.15) is 49.1 Å². The van der Waals surface area contributed by atoms with Gasteiger partial charge in [0.25, 0.3) is 0 Å². The first-order chi connectivity index (χ1) is 30.4. The summed E-state index contributed by atoms with van der Waals surface area (Å²) in [5.74, 6) is -0.617. The normalized spacial score (nSPS) is 12.4. The molecule has 0 saturated heterocycles. The van der Waals surface area contributed by atoms with Gasteiger partial charge in [-0.3, -0.25) is 14.4 Å². The maximum Gasteiger partial charge on any atom is 0.407 e. The van der Waals surface area contributed by atoms with Gasteiger partial charge in [-0.15, -0.1) is 0 Å². The van der Waals surface area contributed by atoms with E-state index in [2.05, 4.69) is 45.5 Å². The lowest BCUT2D eigenvalue weighted by atomic mass is 9.98. The second-order valence-electron chi connectivity index (χ2n) is 14.0. The van der Waals surface area contributed by atoms with Crippen LogP contribution in [0.25, 0.3) is 11.1 Å². The molecule has 0 aliphatic heterocycles. The fourth-order valence-corrected chi connectivity index (χ4v) is 6.25. The van der Waals surface area contributed by atoms with Crippen molar-refractivity contribution >= 4 is 23.8 Å². The molecule has 2 aromatic carbocycles. The molecular weight excluding hydrogens is 807 g/mol. The van der Waals surface area contributed by atoms with Gasteiger partial charge in [0, 0.05) is 38.9 Å². The van der Waals surface area contributed by atoms with Crippen molar-refractivity contribution in [1.82, 2.24) is 21.3 Å². The summed E-state index contributed by atoms with van der Waals surface area (Å²) in [6.07, 6.45) is 1.86. The molecule has 62 heavy (non-hydrogen) atoms. The number of nitrogens with one attached hydrogen (secondary N) is 4. The number of alkyl carbamates (subject to hydrolysis) is 1. The van der Waals surface area contributed by atoms with Crippen molar-refractivity contribution in [2.24, 2.45) is 5.73 Å². The minimum absolute atomic E-state index is 0.0120. The third-order valence-electron chi connectivity index (χ3n) is 9.46. The highest BCUT2D eigenvalue weighted by atomic mass is 16.6. The fraction of sp³-hybridized carbons (Fsp3) is 0.636. The molecule has 0 fully saturated rings. The summed E-state index contributed by atoms with van der Waals surface area (Å²) in [5.41, 5.74) is 10.3. The lowest BCUT2D eigenvalue weighted by molar-refractivity contribution is -0.130. The topological polar surface area (TPSA) is 225 Å². The van der Waals surface area contributed by atoms with E-state index in [1.807, 2.05) is 24.3 Å². The Labute approximate surface area is 365 Å². The molecule has 0 aromatic heterocycles. The molecule has 0 saturated carbocycles. The lowest BCUT2D eigenvalue weighted by Gasteiger charge is -2.18. The summed E-state index contributed by atoms with van der Waals surface area (Å²) >= 11 is 0. The molecule has 0 spiro atoms. The number of ether oxygens (including phenoxy) is 9. The van der Waals surface area contributed by atoms with Gasteiger partial charge in [0.2, 0.25) is 17.7 Å². The molecule has 0 bridgehead atoms. The number of carbonyl (C=O) groups excluding carboxylic acids is 4. The standard InChI is InChI=1S/C44H69N5O13/c1-46-41(50)13-18-54-22-26-58-30-32-60-28-24-56-20-16-47-43(52)40(12-6-7-15-45)49-42(51)14-19-55-23-27-59-31-33-61-29-25-57-21-17-48-44(53)62-34-39-37-10-4-2-8-35(37)36-9-3-5-11-38(36)39/h2-5,8-11,39-40H,6-7,12-34,45H2,1H3,(H,46,50)(H,47,52)(H,48,53)(H,49,51). The van der Waals surface area contributed by atoms with Crippen molar-refractivity contribution in [2.45, 2.75) is 44.1 Å². The number of nitrogens with two attached hydrogens (primary N) is 1. The number of benzene rings is 2. The molecule has 348 valence electrons. The van der Waals surface area contributed by atoms with Crippen molar-refractivity contribution in [3.63, 3.8) is 0 Å². The summed E-state index contributed by atoms with van der Waals surface area (Å²) in [5, 5.41) is 10.9. The van der Waals surface area contributed by atoms with Gasteiger partial charge in [-0.05, 0) is 48.1 Å². The van der Waals surface area contributed by atoms with Crippen LogP contribution in [-0.4, -0.2) is 169 Å². The van der Waals surface area contributed by atoms with Crippen molar-refractivity contribution in [3.8, 4) is 11.1 Å². The van der Waals surface area contributed by atoms with Crippen molar-refractivity contribution in [1.29, 1.82) is 0 Å². The van der Waals surface area contributed by atoms with Crippen molar-refractivity contribution in [3.05, 3.63) is 59.7 Å². The zero-order valence-corrected chi connectivity index (χ0v) is 36.3. The number of unbranched alkanes of at least 4 members (excludes halogenated alkanes) is 1. The summed E-state index contributed by atoms with van der Waals surface area (Å²) < 4.78 is 49.3. The van der Waals surface area contributed by atoms with Crippen LogP contribution in [0.15, 0.2) is 48.5 Å². The first kappa shape index (κ1) is 52.1. The summed E-state index contributed by atoms with van der Waals surface area (Å²) in [6.45, 7) is 7.11. The number of amides is 4. The Morgan fingerprint density at radius 3 is 1.48 bits per heavy atom. The maximum absolute atomic E-state index is 12.8. The van der Waals surface area contributed by atoms with E-state index in [0.29, 0.717) is 131 Å². The Morgan fingerprint density at radius 2 is 1.00 bits per heavy atom. The third-order valence-corrected chi connectivity index (χ3v) is 9.46. The molecule has 4 amide bonds. The number of rotatable bonds is 38. The number of hydrogen-bond donors (Lipinski definition) is 5. The van der Waals surface area contributed by atoms with Crippen molar-refractivity contribution < 1.29 is 61.8 Å². The summed E-state index contributed by atoms with van der Waals surface area (Å²) in [4.78, 5) is 48.8. The van der Waals surface area contributed by atoms with Gasteiger partial charge in [-0.25, -0.2) is 4.79 Å². The molecule has 6 N–H and O–H groups in total. The average Bonchev–Trinajstić information content (AvgIpc) is 3.61. The number of carbonyl (C=O) groups is 4. The first-order valence-electron chi connectivity index (χ1n) is 21.6. The van der Waals surface area contributed by atoms with E-state index >= 15 is 0 Å². The fourth-order valence-electron chi connectivity index (χ4n) is 6.25. The highest BCUT2D eigenvalue weighted by molar-refractivity contribution is 5.87. The first-order valence-corrected chi connectivity index (χ1v) is 21.6. The minimum Gasteiger partial charge on any atom is -0.449 e. The SMILES string of the molecule is CNC(=O)CCOCCOCCOCCOCCNC(=O)C(CCCCN)NC(=O)CCOCCOCCOCCOCCNC(=O)OCC1c2ccccc2-c2ccccc21. The van der Waals surface area contributed by atoms with Gasteiger partial charge >= 0.3 is 6.09 Å². The molecule has 1 aliphatic carbocycles. The van der Waals surface area contributed by atoms with Crippen LogP contribution in [0.3, 0.4) is 0 Å². The van der Waals surface area contributed by atoms with Gasteiger partial charge in [-0.1, -0.05) is 48.5 Å². The van der Waals surface area contributed by atoms with Crippen molar-refractivity contribution in [2.75, 3.05) is 139 Å². The van der Waals surface area contributed by atoms with E-state index in [-0.39, 0.29) is 49.8 Å². The van der Waals surface area contributed by atoms with Gasteiger partial charge in [0.05, 0.1) is 106 Å². The molecule has 0 radical (unpaired) electrons. The van der Waals surface area contributed by atoms with Gasteiger partial charge in [0.15, 0.2) is 0 Å². The van der Waals surface area contributed by atoms with Crippen LogP contribution in [0.4, 0.5) is 4.79 Å². The van der Waals surface area contributed by atoms with Gasteiger partial charge in [0.1, 0.15) is 12.6 Å². The highest BCUT2D eigenvalue weighted by Gasteiger charge is 2.29. The summed E-state index contributed by atoms with van der Waals surface area (Å²) in [7, 11) is 1.59. The molecule has 3 rings (SSSR count). The van der Waals surface area contributed by atoms with E-state index in [1.54, 1.807) is 7.05 Å². The van der Waals surface area contributed by atoms with Crippen LogP contribution in [0, 0.1) is 0 Å². The van der Waals surface area contributed by atoms with E-state index in [9.17, 15) is 19.2 Å². The van der Waals surface area contributed by atoms with Gasteiger partial charge < -0.3 is 69.6 Å². The Bertz CT molecular complexity index is 1490. The monoisotopic (exact) mass is 875 g/mol. The molecule has 18 heteroatoms. The van der Waals surface area contributed by atoms with Crippen LogP contribution in [0.5, 0.6) is 0 Å². The Kier molecular flexibility index (Phi) is 28.8. The number of fused-ring (bicyclic) bond motifs is 3. The molecule has 18 nitrogen and oxygen atoms in total. The largest absolute Gasteiger partial charge is 0.449 e. The van der Waals surface area contributed by atoms with E-state index in [0.717, 1.165) is 6.42 Å². The maximum atomic E-state index is 12.8. The predicted molar refractivity (Wildman–Crippen MR) is 231 cm³/mol. The number of hydrogen-bond acceptors (Lipinski definition) is 14. The van der Waals surface area contributed by atoms with Crippen LogP contribution in [0.2, 0.25) is 0 Å². The Balaban J connectivity index is 1.08. The minimum atomic E-state index is -0.682. The zero-order chi connectivity index (χ0) is 44.3. The molecule has 2 aromatic rings. The smallest absolute Gasteiger partial charge is 0.407 e. The van der Waals surface area contributed by atoms with Crippen LogP contribution in [-0.2, 0) is 57.0 Å². The zero-order valence-electron chi connectivity index (χ0n) is 36.3. The quantitative estimate of drug-likeness (QED) is 0.0609. The van der Waals surface area contributed by atoms with Crippen LogP contribution >= 0.6 is 0 Å². The second-order valence-corrected chi connectivity index (χ2v) is 14.0. The molecule has 0 heterocycles. The third kappa shape index (κ3) is 22.7. The van der Waals surface area contributed by atoms with E-state index in [1.165, 1.54) is 22.3 Å². The molecule has 1 unspecified atom stereocenters. The molecular formula is C44H69N5O13. The molecule has 1 atom stereocenters. The summed E-state index contributed by atoms with van der Waals surface area (Å²) in [6, 6.07) is 15.7. The van der Waals surface area contributed by atoms with Gasteiger partial charge in [-0.2, -0.15) is 0 Å². The highest BCUT2D eigenvalue weighted by Crippen LogP contribution is 2.44. The van der Waals surface area contributed by atoms with E-state index < -0.39 is 12.1 Å². The molecule has 1 aliphatic rings. The lowest BCUT2D eigenvalue weighted by Crippen LogP contribution is -2.47.